The lowest BCUT2D eigenvalue weighted by Crippen LogP contribution is -2.48. The Labute approximate surface area is 239 Å². The molecule has 0 radical (unpaired) electrons. The second kappa shape index (κ2) is 14.8. The van der Waals surface area contributed by atoms with Crippen LogP contribution in [0.2, 0.25) is 5.02 Å². The van der Waals surface area contributed by atoms with E-state index in [2.05, 4.69) is 32.3 Å². The van der Waals surface area contributed by atoms with E-state index in [1.807, 2.05) is 0 Å². The zero-order valence-electron chi connectivity index (χ0n) is 22.2. The van der Waals surface area contributed by atoms with Crippen LogP contribution in [0.4, 0.5) is 9.18 Å². The van der Waals surface area contributed by atoms with Gasteiger partial charge in [0, 0.05) is 17.1 Å². The Morgan fingerprint density at radius 2 is 1.93 bits per heavy atom. The van der Waals surface area contributed by atoms with Crippen LogP contribution < -0.4 is 5.43 Å². The Morgan fingerprint density at radius 1 is 1.20 bits per heavy atom. The number of benzene rings is 2. The number of aliphatic hydroxyl groups is 1. The molecule has 13 nitrogen and oxygen atoms in total. The van der Waals surface area contributed by atoms with Gasteiger partial charge in [-0.2, -0.15) is 0 Å². The molecule has 41 heavy (non-hydrogen) atoms. The maximum absolute atomic E-state index is 14.3. The maximum atomic E-state index is 14.3. The van der Waals surface area contributed by atoms with E-state index in [0.29, 0.717) is 21.7 Å². The molecular weight excluding hydrogens is 563 g/mol. The van der Waals surface area contributed by atoms with Crippen LogP contribution in [0.1, 0.15) is 30.0 Å². The number of ether oxygens (including phenoxy) is 3. The SMILES string of the molecule is C=CCn1nnnc1C(=O)NN(Cc1ccc(-c2cc(Cl)ccc2F)cc1)CC(O)C(=O)OCOC(=O)OC(C)C. The summed E-state index contributed by atoms with van der Waals surface area (Å²) in [6.45, 7) is 5.74. The van der Waals surface area contributed by atoms with Gasteiger partial charge in [-0.25, -0.2) is 23.7 Å². The molecule has 218 valence electrons. The lowest BCUT2D eigenvalue weighted by Gasteiger charge is -2.25. The molecule has 0 aliphatic heterocycles. The lowest BCUT2D eigenvalue weighted by atomic mass is 10.0. The summed E-state index contributed by atoms with van der Waals surface area (Å²) in [4.78, 5) is 36.7. The van der Waals surface area contributed by atoms with Crippen molar-refractivity contribution >= 4 is 29.6 Å². The molecule has 3 aromatic rings. The first-order valence-electron chi connectivity index (χ1n) is 12.2. The third-order valence-corrected chi connectivity index (χ3v) is 5.47. The molecule has 15 heteroatoms. The van der Waals surface area contributed by atoms with Crippen LogP contribution in [-0.2, 0) is 32.1 Å². The van der Waals surface area contributed by atoms with Crippen molar-refractivity contribution in [3.8, 4) is 11.1 Å². The molecule has 1 heterocycles. The first-order chi connectivity index (χ1) is 19.6. The summed E-state index contributed by atoms with van der Waals surface area (Å²) in [5.41, 5.74) is 4.05. The quantitative estimate of drug-likeness (QED) is 0.130. The van der Waals surface area contributed by atoms with Crippen molar-refractivity contribution in [2.45, 2.75) is 39.1 Å². The molecule has 0 saturated carbocycles. The summed E-state index contributed by atoms with van der Waals surface area (Å²) < 4.78 is 29.6. The van der Waals surface area contributed by atoms with E-state index in [-0.39, 0.29) is 18.9 Å². The van der Waals surface area contributed by atoms with E-state index >= 15 is 0 Å². The number of aromatic nitrogens is 4. The maximum Gasteiger partial charge on any atom is 0.511 e. The highest BCUT2D eigenvalue weighted by atomic mass is 35.5. The molecular formula is C26H28ClFN6O7. The number of aliphatic hydroxyl groups excluding tert-OH is 1. The van der Waals surface area contributed by atoms with Crippen molar-refractivity contribution in [3.63, 3.8) is 0 Å². The number of tetrazole rings is 1. The Balaban J connectivity index is 1.72. The van der Waals surface area contributed by atoms with Gasteiger partial charge in [0.25, 0.3) is 0 Å². The molecule has 3 rings (SSSR count). The largest absolute Gasteiger partial charge is 0.511 e. The number of carbonyl (C=O) groups is 3. The number of allylic oxidation sites excluding steroid dienone is 1. The normalized spacial score (nSPS) is 11.7. The zero-order valence-corrected chi connectivity index (χ0v) is 23.0. The minimum atomic E-state index is -1.76. The monoisotopic (exact) mass is 590 g/mol. The van der Waals surface area contributed by atoms with Gasteiger partial charge in [-0.15, -0.1) is 11.7 Å². The molecule has 1 unspecified atom stereocenters. The van der Waals surface area contributed by atoms with Crippen LogP contribution in [0.5, 0.6) is 0 Å². The summed E-state index contributed by atoms with van der Waals surface area (Å²) in [5.74, 6) is -2.44. The van der Waals surface area contributed by atoms with Crippen LogP contribution in [0.3, 0.4) is 0 Å². The van der Waals surface area contributed by atoms with Gasteiger partial charge in [0.15, 0.2) is 6.10 Å². The number of hydrazine groups is 1. The van der Waals surface area contributed by atoms with Gasteiger partial charge < -0.3 is 19.3 Å². The van der Waals surface area contributed by atoms with Crippen molar-refractivity contribution in [1.29, 1.82) is 0 Å². The number of hydrogen-bond donors (Lipinski definition) is 2. The van der Waals surface area contributed by atoms with Gasteiger partial charge in [0.05, 0.1) is 19.2 Å². The Bertz CT molecular complexity index is 1370. The second-order valence-electron chi connectivity index (χ2n) is 8.77. The molecule has 1 amide bonds. The number of esters is 1. The topological polar surface area (TPSA) is 158 Å². The van der Waals surface area contributed by atoms with Gasteiger partial charge in [0.2, 0.25) is 12.6 Å². The van der Waals surface area contributed by atoms with Crippen LogP contribution in [0.25, 0.3) is 11.1 Å². The fourth-order valence-electron chi connectivity index (χ4n) is 3.43. The minimum absolute atomic E-state index is 0.00533. The Morgan fingerprint density at radius 3 is 2.61 bits per heavy atom. The lowest BCUT2D eigenvalue weighted by molar-refractivity contribution is -0.164. The third kappa shape index (κ3) is 9.34. The summed E-state index contributed by atoms with van der Waals surface area (Å²) in [7, 11) is 0. The van der Waals surface area contributed by atoms with Crippen LogP contribution in [0.15, 0.2) is 55.1 Å². The smallest absolute Gasteiger partial charge is 0.431 e. The van der Waals surface area contributed by atoms with E-state index in [9.17, 15) is 23.9 Å². The van der Waals surface area contributed by atoms with Crippen LogP contribution in [-0.4, -0.2) is 73.9 Å². The van der Waals surface area contributed by atoms with E-state index in [1.165, 1.54) is 34.0 Å². The summed E-state index contributed by atoms with van der Waals surface area (Å²) in [6.07, 6.45) is -1.75. The standard InChI is InChI=1S/C26H28ClFN6O7/c1-4-11-34-23(29-31-32-34)24(36)30-33(14-22(35)25(37)39-15-40-26(38)41-16(2)3)13-17-5-7-18(8-6-17)20-12-19(27)9-10-21(20)28/h4-10,12,16,22,35H,1,11,13-15H2,2-3H3,(H,30,36). The number of hydrogen-bond acceptors (Lipinski definition) is 11. The predicted molar refractivity (Wildman–Crippen MR) is 142 cm³/mol. The predicted octanol–water partition coefficient (Wildman–Crippen LogP) is 2.89. The van der Waals surface area contributed by atoms with Gasteiger partial charge in [-0.3, -0.25) is 10.2 Å². The van der Waals surface area contributed by atoms with Gasteiger partial charge in [-0.1, -0.05) is 41.9 Å². The fourth-order valence-corrected chi connectivity index (χ4v) is 3.60. The Kier molecular flexibility index (Phi) is 11.3. The molecule has 0 fully saturated rings. The first-order valence-corrected chi connectivity index (χ1v) is 12.6. The molecule has 2 N–H and O–H groups in total. The van der Waals surface area contributed by atoms with E-state index in [0.717, 1.165) is 0 Å². The van der Waals surface area contributed by atoms with E-state index in [1.54, 1.807) is 38.1 Å². The minimum Gasteiger partial charge on any atom is -0.431 e. The zero-order chi connectivity index (χ0) is 29.9. The molecule has 1 atom stereocenters. The number of amides is 1. The number of rotatable bonds is 13. The molecule has 2 aromatic carbocycles. The van der Waals surface area contributed by atoms with Crippen molar-refractivity contribution in [3.05, 3.63) is 77.3 Å². The highest BCUT2D eigenvalue weighted by Gasteiger charge is 2.25. The van der Waals surface area contributed by atoms with Gasteiger partial charge >= 0.3 is 18.0 Å². The fraction of sp³-hybridized carbons (Fsp3) is 0.308. The van der Waals surface area contributed by atoms with E-state index < -0.39 is 49.4 Å². The number of halogens is 2. The first kappa shape index (κ1) is 31.1. The highest BCUT2D eigenvalue weighted by Crippen LogP contribution is 2.26. The highest BCUT2D eigenvalue weighted by molar-refractivity contribution is 6.30. The number of carbonyl (C=O) groups excluding carboxylic acids is 3. The Hall–Kier alpha value is -4.40. The summed E-state index contributed by atoms with van der Waals surface area (Å²) in [6, 6.07) is 10.9. The average Bonchev–Trinajstić information content (AvgIpc) is 3.38. The molecule has 0 bridgehead atoms. The van der Waals surface area contributed by atoms with Crippen LogP contribution >= 0.6 is 11.6 Å². The molecule has 0 saturated heterocycles. The van der Waals surface area contributed by atoms with Crippen molar-refractivity contribution in [2.24, 2.45) is 0 Å². The summed E-state index contributed by atoms with van der Waals surface area (Å²) in [5, 5.41) is 23.0. The van der Waals surface area contributed by atoms with Gasteiger partial charge in [-0.05, 0) is 53.6 Å². The molecule has 0 aliphatic rings. The number of nitrogens with one attached hydrogen (secondary N) is 1. The molecule has 0 spiro atoms. The summed E-state index contributed by atoms with van der Waals surface area (Å²) >= 11 is 6.00. The van der Waals surface area contributed by atoms with Crippen molar-refractivity contribution < 1.29 is 38.1 Å². The number of nitrogens with zero attached hydrogens (tertiary/aromatic N) is 5. The van der Waals surface area contributed by atoms with Gasteiger partial charge in [0.1, 0.15) is 5.82 Å². The third-order valence-electron chi connectivity index (χ3n) is 5.24. The second-order valence-corrected chi connectivity index (χ2v) is 9.21. The average molecular weight is 591 g/mol. The van der Waals surface area contributed by atoms with Crippen LogP contribution in [0, 0.1) is 5.82 Å². The van der Waals surface area contributed by atoms with E-state index in [4.69, 9.17) is 21.1 Å². The molecule has 1 aromatic heterocycles. The van der Waals surface area contributed by atoms with Crippen molar-refractivity contribution in [2.75, 3.05) is 13.3 Å². The van der Waals surface area contributed by atoms with Crippen molar-refractivity contribution in [1.82, 2.24) is 30.6 Å². The molecule has 0 aliphatic carbocycles.